The van der Waals surface area contributed by atoms with Crippen molar-refractivity contribution in [1.29, 1.82) is 0 Å². The first-order chi connectivity index (χ1) is 14.1. The van der Waals surface area contributed by atoms with Crippen LogP contribution < -0.4 is 9.80 Å². The molecule has 5 nitrogen and oxygen atoms in total. The lowest BCUT2D eigenvalue weighted by Crippen LogP contribution is -2.47. The van der Waals surface area contributed by atoms with Crippen molar-refractivity contribution in [3.05, 3.63) is 59.1 Å². The number of nitrogens with zero attached hydrogens (tertiary/aromatic N) is 4. The second kappa shape index (κ2) is 9.16. The van der Waals surface area contributed by atoms with Crippen molar-refractivity contribution >= 4 is 28.9 Å². The molecule has 2 aliphatic rings. The van der Waals surface area contributed by atoms with E-state index in [0.717, 1.165) is 67.8 Å². The van der Waals surface area contributed by atoms with Crippen LogP contribution >= 0.6 is 11.6 Å². The lowest BCUT2D eigenvalue weighted by molar-refractivity contribution is -0.119. The van der Waals surface area contributed by atoms with Crippen molar-refractivity contribution in [3.63, 3.8) is 0 Å². The Morgan fingerprint density at radius 3 is 2.34 bits per heavy atom. The number of carbonyl (C=O) groups is 1. The molecule has 0 unspecified atom stereocenters. The van der Waals surface area contributed by atoms with Crippen LogP contribution in [0.1, 0.15) is 12.0 Å². The van der Waals surface area contributed by atoms with Gasteiger partial charge in [0.1, 0.15) is 0 Å². The average molecular weight is 413 g/mol. The number of halogens is 1. The minimum atomic E-state index is 0.216. The predicted molar refractivity (Wildman–Crippen MR) is 120 cm³/mol. The molecule has 2 aromatic carbocycles. The number of hydrogen-bond donors (Lipinski definition) is 0. The van der Waals surface area contributed by atoms with Crippen LogP contribution in [0.2, 0.25) is 5.02 Å². The maximum Gasteiger partial charge on any atom is 0.228 e. The first-order valence-electron chi connectivity index (χ1n) is 10.4. The normalized spacial score (nSPS) is 18.0. The maximum absolute atomic E-state index is 13.0. The summed E-state index contributed by atoms with van der Waals surface area (Å²) < 4.78 is 0. The minimum absolute atomic E-state index is 0.216. The SMILES string of the molecule is CN1CCN(CCC(=O)N2CCN(Cc3ccccc3Cl)c3ccccc32)CC1. The third-order valence-corrected chi connectivity index (χ3v) is 6.33. The summed E-state index contributed by atoms with van der Waals surface area (Å²) in [5, 5.41) is 0.788. The van der Waals surface area contributed by atoms with Gasteiger partial charge in [0, 0.05) is 63.8 Å². The Labute approximate surface area is 178 Å². The number of anilines is 2. The summed E-state index contributed by atoms with van der Waals surface area (Å²) in [5.74, 6) is 0.216. The Hall–Kier alpha value is -2.08. The van der Waals surface area contributed by atoms with Crippen LogP contribution in [0.3, 0.4) is 0 Å². The molecule has 0 aromatic heterocycles. The van der Waals surface area contributed by atoms with E-state index in [2.05, 4.69) is 39.9 Å². The molecule has 1 amide bonds. The molecule has 6 heteroatoms. The quantitative estimate of drug-likeness (QED) is 0.753. The zero-order valence-corrected chi connectivity index (χ0v) is 17.8. The molecular weight excluding hydrogens is 384 g/mol. The second-order valence-electron chi connectivity index (χ2n) is 7.94. The molecule has 2 aromatic rings. The number of hydrogen-bond acceptors (Lipinski definition) is 4. The number of para-hydroxylation sites is 2. The molecular formula is C23H29ClN4O. The number of piperazine rings is 1. The first-order valence-corrected chi connectivity index (χ1v) is 10.8. The summed E-state index contributed by atoms with van der Waals surface area (Å²) in [6, 6.07) is 16.2. The number of likely N-dealkylation sites (N-methyl/N-ethyl adjacent to an activating group) is 1. The van der Waals surface area contributed by atoms with Crippen molar-refractivity contribution in [1.82, 2.24) is 9.80 Å². The standard InChI is InChI=1S/C23H29ClN4O/c1-25-12-14-26(15-13-25)11-10-23(29)28-17-16-27(21-8-4-5-9-22(21)28)18-19-6-2-3-7-20(19)24/h2-9H,10-18H2,1H3. The topological polar surface area (TPSA) is 30.0 Å². The molecule has 1 fully saturated rings. The van der Waals surface area contributed by atoms with E-state index in [-0.39, 0.29) is 5.91 Å². The fourth-order valence-electron chi connectivity index (χ4n) is 4.14. The minimum Gasteiger partial charge on any atom is -0.364 e. The van der Waals surface area contributed by atoms with Crippen LogP contribution in [0.4, 0.5) is 11.4 Å². The third-order valence-electron chi connectivity index (χ3n) is 5.96. The van der Waals surface area contributed by atoms with Crippen molar-refractivity contribution < 1.29 is 4.79 Å². The summed E-state index contributed by atoms with van der Waals surface area (Å²) in [5.41, 5.74) is 3.22. The fourth-order valence-corrected chi connectivity index (χ4v) is 4.33. The van der Waals surface area contributed by atoms with E-state index >= 15 is 0 Å². The van der Waals surface area contributed by atoms with E-state index in [4.69, 9.17) is 11.6 Å². The summed E-state index contributed by atoms with van der Waals surface area (Å²) in [6.07, 6.45) is 0.572. The highest BCUT2D eigenvalue weighted by Crippen LogP contribution is 2.34. The zero-order valence-electron chi connectivity index (χ0n) is 17.1. The van der Waals surface area contributed by atoms with Gasteiger partial charge in [0.05, 0.1) is 11.4 Å². The van der Waals surface area contributed by atoms with Crippen molar-refractivity contribution in [2.45, 2.75) is 13.0 Å². The van der Waals surface area contributed by atoms with Crippen LogP contribution in [0, 0.1) is 0 Å². The Morgan fingerprint density at radius 1 is 0.897 bits per heavy atom. The average Bonchev–Trinajstić information content (AvgIpc) is 2.75. The van der Waals surface area contributed by atoms with E-state index in [0.29, 0.717) is 13.0 Å². The monoisotopic (exact) mass is 412 g/mol. The van der Waals surface area contributed by atoms with Gasteiger partial charge < -0.3 is 19.6 Å². The van der Waals surface area contributed by atoms with E-state index in [1.165, 1.54) is 0 Å². The predicted octanol–water partition coefficient (Wildman–Crippen LogP) is 3.33. The van der Waals surface area contributed by atoms with Crippen LogP contribution in [0.25, 0.3) is 0 Å². The van der Waals surface area contributed by atoms with Gasteiger partial charge in [-0.25, -0.2) is 0 Å². The van der Waals surface area contributed by atoms with Gasteiger partial charge in [-0.05, 0) is 30.8 Å². The molecule has 0 saturated carbocycles. The second-order valence-corrected chi connectivity index (χ2v) is 8.35. The molecule has 0 atom stereocenters. The van der Waals surface area contributed by atoms with Crippen LogP contribution in [0.15, 0.2) is 48.5 Å². The Bertz CT molecular complexity index is 850. The number of amides is 1. The number of benzene rings is 2. The van der Waals surface area contributed by atoms with Crippen LogP contribution in [-0.4, -0.2) is 68.6 Å². The Kier molecular flexibility index (Phi) is 6.38. The zero-order chi connectivity index (χ0) is 20.2. The van der Waals surface area contributed by atoms with Gasteiger partial charge in [-0.1, -0.05) is 41.9 Å². The molecule has 4 rings (SSSR count). The molecule has 0 aliphatic carbocycles. The van der Waals surface area contributed by atoms with E-state index < -0.39 is 0 Å². The van der Waals surface area contributed by atoms with E-state index in [9.17, 15) is 4.79 Å². The highest BCUT2D eigenvalue weighted by molar-refractivity contribution is 6.31. The smallest absolute Gasteiger partial charge is 0.228 e. The lowest BCUT2D eigenvalue weighted by Gasteiger charge is -2.38. The molecule has 29 heavy (non-hydrogen) atoms. The molecule has 0 bridgehead atoms. The van der Waals surface area contributed by atoms with E-state index in [1.807, 2.05) is 35.2 Å². The highest BCUT2D eigenvalue weighted by Gasteiger charge is 2.27. The molecule has 0 N–H and O–H groups in total. The Balaban J connectivity index is 1.43. The van der Waals surface area contributed by atoms with Gasteiger partial charge in [-0.3, -0.25) is 4.79 Å². The van der Waals surface area contributed by atoms with Crippen LogP contribution in [0.5, 0.6) is 0 Å². The third kappa shape index (κ3) is 4.74. The molecule has 2 aliphatic heterocycles. The number of rotatable bonds is 5. The summed E-state index contributed by atoms with van der Waals surface area (Å²) >= 11 is 6.37. The largest absolute Gasteiger partial charge is 0.364 e. The van der Waals surface area contributed by atoms with Gasteiger partial charge >= 0.3 is 0 Å². The van der Waals surface area contributed by atoms with Crippen molar-refractivity contribution in [2.24, 2.45) is 0 Å². The summed E-state index contributed by atoms with van der Waals surface area (Å²) in [4.78, 5) is 22.1. The fraction of sp³-hybridized carbons (Fsp3) is 0.435. The van der Waals surface area contributed by atoms with Crippen molar-refractivity contribution in [3.8, 4) is 0 Å². The summed E-state index contributed by atoms with van der Waals surface area (Å²) in [6.45, 7) is 7.37. The Morgan fingerprint density at radius 2 is 1.59 bits per heavy atom. The van der Waals surface area contributed by atoms with Crippen molar-refractivity contribution in [2.75, 3.05) is 62.7 Å². The molecule has 154 valence electrons. The van der Waals surface area contributed by atoms with E-state index in [1.54, 1.807) is 0 Å². The first kappa shape index (κ1) is 20.2. The van der Waals surface area contributed by atoms with Gasteiger partial charge in [-0.2, -0.15) is 0 Å². The molecule has 0 spiro atoms. The van der Waals surface area contributed by atoms with Gasteiger partial charge in [-0.15, -0.1) is 0 Å². The summed E-state index contributed by atoms with van der Waals surface area (Å²) in [7, 11) is 2.15. The molecule has 1 saturated heterocycles. The molecule has 0 radical (unpaired) electrons. The van der Waals surface area contributed by atoms with Gasteiger partial charge in [0.15, 0.2) is 0 Å². The lowest BCUT2D eigenvalue weighted by atomic mass is 10.1. The highest BCUT2D eigenvalue weighted by atomic mass is 35.5. The van der Waals surface area contributed by atoms with Gasteiger partial charge in [0.2, 0.25) is 5.91 Å². The number of carbonyl (C=O) groups excluding carboxylic acids is 1. The number of fused-ring (bicyclic) bond motifs is 1. The van der Waals surface area contributed by atoms with Gasteiger partial charge in [0.25, 0.3) is 0 Å². The maximum atomic E-state index is 13.0. The molecule has 2 heterocycles. The van der Waals surface area contributed by atoms with Crippen LogP contribution in [-0.2, 0) is 11.3 Å².